The first-order valence-electron chi connectivity index (χ1n) is 11.1. The molecule has 1 amide bonds. The van der Waals surface area contributed by atoms with Crippen LogP contribution in [0.4, 0.5) is 5.69 Å². The van der Waals surface area contributed by atoms with E-state index < -0.39 is 5.91 Å². The molecule has 0 bridgehead atoms. The van der Waals surface area contributed by atoms with Crippen LogP contribution in [0.1, 0.15) is 48.6 Å². The molecule has 0 atom stereocenters. The summed E-state index contributed by atoms with van der Waals surface area (Å²) in [6.07, 6.45) is 1.61. The van der Waals surface area contributed by atoms with Crippen LogP contribution in [0.2, 0.25) is 0 Å². The van der Waals surface area contributed by atoms with Crippen LogP contribution >= 0.6 is 15.9 Å². The first-order valence-corrected chi connectivity index (χ1v) is 11.9. The molecule has 0 spiro atoms. The number of amides is 1. The molecule has 3 rings (SSSR count). The van der Waals surface area contributed by atoms with E-state index in [1.807, 2.05) is 80.6 Å². The average Bonchev–Trinajstić information content (AvgIpc) is 2.77. The number of nitrogens with one attached hydrogen (secondary N) is 1. The summed E-state index contributed by atoms with van der Waals surface area (Å²) in [6.45, 7) is 10.8. The second kappa shape index (κ2) is 10.7. The summed E-state index contributed by atoms with van der Waals surface area (Å²) in [6, 6.07) is 21.6. The minimum absolute atomic E-state index is 0.0318. The predicted octanol–water partition coefficient (Wildman–Crippen LogP) is 7.49. The molecule has 3 aromatic rings. The van der Waals surface area contributed by atoms with Crippen molar-refractivity contribution in [1.82, 2.24) is 0 Å². The molecule has 0 aromatic heterocycles. The molecule has 0 aliphatic heterocycles. The largest absolute Gasteiger partial charge is 0.488 e. The highest BCUT2D eigenvalue weighted by Gasteiger charge is 2.15. The lowest BCUT2D eigenvalue weighted by atomic mass is 9.87. The fourth-order valence-electron chi connectivity index (χ4n) is 3.60. The van der Waals surface area contributed by atoms with Gasteiger partial charge in [-0.2, -0.15) is 5.26 Å². The van der Waals surface area contributed by atoms with Gasteiger partial charge in [0.15, 0.2) is 0 Å². The predicted molar refractivity (Wildman–Crippen MR) is 142 cm³/mol. The quantitative estimate of drug-likeness (QED) is 0.272. The van der Waals surface area contributed by atoms with Crippen molar-refractivity contribution in [2.24, 2.45) is 0 Å². The van der Waals surface area contributed by atoms with Gasteiger partial charge in [-0.15, -0.1) is 0 Å². The molecule has 0 saturated carbocycles. The van der Waals surface area contributed by atoms with Gasteiger partial charge in [0.05, 0.1) is 0 Å². The number of carbonyl (C=O) groups is 1. The summed E-state index contributed by atoms with van der Waals surface area (Å²) in [5, 5.41) is 12.4. The number of rotatable bonds is 6. The third kappa shape index (κ3) is 6.59. The summed E-state index contributed by atoms with van der Waals surface area (Å²) in [5.41, 5.74) is 5.65. The Morgan fingerprint density at radius 1 is 1.03 bits per heavy atom. The van der Waals surface area contributed by atoms with Gasteiger partial charge in [0.2, 0.25) is 0 Å². The normalized spacial score (nSPS) is 11.6. The molecule has 3 aromatic carbocycles. The maximum absolute atomic E-state index is 12.7. The number of nitrogens with zero attached hydrogens (tertiary/aromatic N) is 1. The standard InChI is InChI=1S/C29H29BrN2O2/c1-19-14-22(15-20(2)27(19)34-18-21-6-10-25(30)11-7-21)16-23(17-31)28(33)32-26-12-8-24(9-13-26)29(3,4)5/h6-16H,18H2,1-5H3,(H,32,33)/b23-16+. The lowest BCUT2D eigenvalue weighted by Gasteiger charge is -2.19. The highest BCUT2D eigenvalue weighted by atomic mass is 79.9. The first kappa shape index (κ1) is 25.3. The molecule has 0 fully saturated rings. The minimum Gasteiger partial charge on any atom is -0.488 e. The molecule has 0 aliphatic carbocycles. The zero-order valence-corrected chi connectivity index (χ0v) is 21.8. The zero-order valence-electron chi connectivity index (χ0n) is 20.2. The number of carbonyl (C=O) groups excluding carboxylic acids is 1. The van der Waals surface area contributed by atoms with Crippen LogP contribution in [0, 0.1) is 25.2 Å². The lowest BCUT2D eigenvalue weighted by Crippen LogP contribution is -2.14. The highest BCUT2D eigenvalue weighted by Crippen LogP contribution is 2.28. The second-order valence-corrected chi connectivity index (χ2v) is 10.3. The Bertz CT molecular complexity index is 1220. The Kier molecular flexibility index (Phi) is 7.96. The molecule has 5 heteroatoms. The molecular formula is C29H29BrN2O2. The molecular weight excluding hydrogens is 488 g/mol. The van der Waals surface area contributed by atoms with Gasteiger partial charge < -0.3 is 10.1 Å². The summed E-state index contributed by atoms with van der Waals surface area (Å²) >= 11 is 3.44. The molecule has 0 heterocycles. The van der Waals surface area contributed by atoms with Crippen molar-refractivity contribution in [2.75, 3.05) is 5.32 Å². The van der Waals surface area contributed by atoms with E-state index in [0.29, 0.717) is 12.3 Å². The third-order valence-electron chi connectivity index (χ3n) is 5.46. The Labute approximate surface area is 210 Å². The van der Waals surface area contributed by atoms with E-state index in [1.165, 1.54) is 5.56 Å². The molecule has 0 radical (unpaired) electrons. The molecule has 0 aliphatic rings. The van der Waals surface area contributed by atoms with Gasteiger partial charge in [-0.05, 0) is 89.6 Å². The van der Waals surface area contributed by atoms with Crippen molar-refractivity contribution in [3.05, 3.63) is 98.5 Å². The van der Waals surface area contributed by atoms with Crippen molar-refractivity contribution < 1.29 is 9.53 Å². The SMILES string of the molecule is Cc1cc(/C=C(\C#N)C(=O)Nc2ccc(C(C)(C)C)cc2)cc(C)c1OCc1ccc(Br)cc1. The fourth-order valence-corrected chi connectivity index (χ4v) is 3.86. The molecule has 34 heavy (non-hydrogen) atoms. The van der Waals surface area contributed by atoms with Gasteiger partial charge in [-0.25, -0.2) is 0 Å². The number of anilines is 1. The highest BCUT2D eigenvalue weighted by molar-refractivity contribution is 9.10. The number of nitriles is 1. The summed E-state index contributed by atoms with van der Waals surface area (Å²) in [7, 11) is 0. The topological polar surface area (TPSA) is 62.1 Å². The maximum atomic E-state index is 12.7. The Hall–Kier alpha value is -3.36. The zero-order chi connectivity index (χ0) is 24.9. The number of hydrogen-bond acceptors (Lipinski definition) is 3. The van der Waals surface area contributed by atoms with Crippen LogP contribution in [0.25, 0.3) is 6.08 Å². The smallest absolute Gasteiger partial charge is 0.266 e. The van der Waals surface area contributed by atoms with Crippen molar-refractivity contribution in [2.45, 2.75) is 46.6 Å². The van der Waals surface area contributed by atoms with Crippen LogP contribution < -0.4 is 10.1 Å². The minimum atomic E-state index is -0.433. The van der Waals surface area contributed by atoms with Gasteiger partial charge >= 0.3 is 0 Å². The van der Waals surface area contributed by atoms with Crippen LogP contribution in [0.5, 0.6) is 5.75 Å². The second-order valence-electron chi connectivity index (χ2n) is 9.35. The first-order chi connectivity index (χ1) is 16.1. The van der Waals surface area contributed by atoms with Gasteiger partial charge in [0, 0.05) is 10.2 Å². The number of halogens is 1. The van der Waals surface area contributed by atoms with E-state index in [0.717, 1.165) is 32.5 Å². The number of benzene rings is 3. The van der Waals surface area contributed by atoms with Crippen LogP contribution in [-0.4, -0.2) is 5.91 Å². The van der Waals surface area contributed by atoms with Gasteiger partial charge in [-0.3, -0.25) is 4.79 Å². The Morgan fingerprint density at radius 3 is 2.15 bits per heavy atom. The van der Waals surface area contributed by atoms with Gasteiger partial charge in [0.1, 0.15) is 24.0 Å². The van der Waals surface area contributed by atoms with E-state index in [-0.39, 0.29) is 11.0 Å². The van der Waals surface area contributed by atoms with E-state index in [4.69, 9.17) is 4.74 Å². The van der Waals surface area contributed by atoms with Crippen molar-refractivity contribution in [1.29, 1.82) is 5.26 Å². The Balaban J connectivity index is 1.74. The van der Waals surface area contributed by atoms with E-state index in [2.05, 4.69) is 42.0 Å². The van der Waals surface area contributed by atoms with Crippen molar-refractivity contribution in [3.63, 3.8) is 0 Å². The van der Waals surface area contributed by atoms with Crippen LogP contribution in [-0.2, 0) is 16.8 Å². The number of ether oxygens (including phenoxy) is 1. The van der Waals surface area contributed by atoms with E-state index in [9.17, 15) is 10.1 Å². The summed E-state index contributed by atoms with van der Waals surface area (Å²) < 4.78 is 7.09. The molecule has 1 N–H and O–H groups in total. The average molecular weight is 517 g/mol. The summed E-state index contributed by atoms with van der Waals surface area (Å²) in [5.74, 6) is 0.374. The van der Waals surface area contributed by atoms with Gasteiger partial charge in [0.25, 0.3) is 5.91 Å². The molecule has 0 saturated heterocycles. The monoisotopic (exact) mass is 516 g/mol. The summed E-state index contributed by atoms with van der Waals surface area (Å²) in [4.78, 5) is 12.7. The molecule has 174 valence electrons. The van der Waals surface area contributed by atoms with Crippen LogP contribution in [0.15, 0.2) is 70.7 Å². The Morgan fingerprint density at radius 2 is 1.62 bits per heavy atom. The number of hydrogen-bond donors (Lipinski definition) is 1. The lowest BCUT2D eigenvalue weighted by molar-refractivity contribution is -0.112. The third-order valence-corrected chi connectivity index (χ3v) is 5.99. The fraction of sp³-hybridized carbons (Fsp3) is 0.241. The van der Waals surface area contributed by atoms with Crippen molar-refractivity contribution >= 4 is 33.6 Å². The van der Waals surface area contributed by atoms with E-state index in [1.54, 1.807) is 6.08 Å². The molecule has 0 unspecified atom stereocenters. The van der Waals surface area contributed by atoms with Crippen LogP contribution in [0.3, 0.4) is 0 Å². The molecule has 4 nitrogen and oxygen atoms in total. The van der Waals surface area contributed by atoms with E-state index >= 15 is 0 Å². The van der Waals surface area contributed by atoms with Gasteiger partial charge in [-0.1, -0.05) is 61.0 Å². The van der Waals surface area contributed by atoms with Crippen molar-refractivity contribution in [3.8, 4) is 11.8 Å². The number of aryl methyl sites for hydroxylation is 2. The maximum Gasteiger partial charge on any atom is 0.266 e.